The van der Waals surface area contributed by atoms with Gasteiger partial charge in [0, 0.05) is 10.1 Å². The van der Waals surface area contributed by atoms with Crippen molar-refractivity contribution in [2.75, 3.05) is 13.2 Å². The minimum Gasteiger partial charge on any atom is -0.484 e. The number of carbonyl (C=O) groups is 2. The molecule has 1 aliphatic heterocycles. The van der Waals surface area contributed by atoms with E-state index in [9.17, 15) is 9.59 Å². The van der Waals surface area contributed by atoms with E-state index in [0.29, 0.717) is 18.7 Å². The summed E-state index contributed by atoms with van der Waals surface area (Å²) < 4.78 is 6.46. The molecule has 1 aromatic carbocycles. The van der Waals surface area contributed by atoms with Crippen LogP contribution in [0, 0.1) is 3.57 Å². The SMILES string of the molecule is O=C(O)[C@@H]1CCCN1C(=O)COc1ccc(I)cc1. The van der Waals surface area contributed by atoms with Gasteiger partial charge in [0.2, 0.25) is 0 Å². The van der Waals surface area contributed by atoms with Gasteiger partial charge in [-0.25, -0.2) is 4.79 Å². The number of carboxylic acid groups (broad SMARTS) is 1. The number of nitrogens with zero attached hydrogens (tertiary/aromatic N) is 1. The Hall–Kier alpha value is -1.31. The van der Waals surface area contributed by atoms with Gasteiger partial charge in [0.15, 0.2) is 6.61 Å². The van der Waals surface area contributed by atoms with Gasteiger partial charge >= 0.3 is 5.97 Å². The van der Waals surface area contributed by atoms with Crippen molar-refractivity contribution in [1.29, 1.82) is 0 Å². The molecule has 102 valence electrons. The Labute approximate surface area is 124 Å². The summed E-state index contributed by atoms with van der Waals surface area (Å²) in [4.78, 5) is 24.3. The van der Waals surface area contributed by atoms with Gasteiger partial charge < -0.3 is 14.7 Å². The monoisotopic (exact) mass is 375 g/mol. The number of amides is 1. The predicted octanol–water partition coefficient (Wildman–Crippen LogP) is 1.75. The van der Waals surface area contributed by atoms with Crippen LogP contribution in [0.2, 0.25) is 0 Å². The number of hydrogen-bond acceptors (Lipinski definition) is 3. The van der Waals surface area contributed by atoms with Gasteiger partial charge in [0.05, 0.1) is 0 Å². The van der Waals surface area contributed by atoms with Gasteiger partial charge in [-0.2, -0.15) is 0 Å². The summed E-state index contributed by atoms with van der Waals surface area (Å²) >= 11 is 2.18. The molecule has 1 aromatic rings. The van der Waals surface area contributed by atoms with Gasteiger partial charge in [0.25, 0.3) is 5.91 Å². The number of benzene rings is 1. The van der Waals surface area contributed by atoms with Crippen molar-refractivity contribution in [3.8, 4) is 5.75 Å². The highest BCUT2D eigenvalue weighted by Crippen LogP contribution is 2.18. The van der Waals surface area contributed by atoms with E-state index >= 15 is 0 Å². The molecule has 0 saturated carbocycles. The lowest BCUT2D eigenvalue weighted by atomic mass is 10.2. The molecule has 6 heteroatoms. The molecule has 1 saturated heterocycles. The number of rotatable bonds is 4. The fourth-order valence-electron chi connectivity index (χ4n) is 2.08. The molecule has 1 heterocycles. The van der Waals surface area contributed by atoms with Gasteiger partial charge in [-0.05, 0) is 59.7 Å². The van der Waals surface area contributed by atoms with Crippen LogP contribution < -0.4 is 4.74 Å². The molecule has 5 nitrogen and oxygen atoms in total. The molecule has 0 radical (unpaired) electrons. The number of hydrogen-bond donors (Lipinski definition) is 1. The lowest BCUT2D eigenvalue weighted by Crippen LogP contribution is -2.42. The van der Waals surface area contributed by atoms with Crippen LogP contribution in [0.25, 0.3) is 0 Å². The minimum atomic E-state index is -0.944. The molecule has 0 aliphatic carbocycles. The fraction of sp³-hybridized carbons (Fsp3) is 0.385. The van der Waals surface area contributed by atoms with E-state index < -0.39 is 12.0 Å². The number of likely N-dealkylation sites (tertiary alicyclic amines) is 1. The molecule has 1 fully saturated rings. The summed E-state index contributed by atoms with van der Waals surface area (Å²) in [5, 5.41) is 9.01. The predicted molar refractivity (Wildman–Crippen MR) is 77.0 cm³/mol. The lowest BCUT2D eigenvalue weighted by molar-refractivity contribution is -0.148. The highest BCUT2D eigenvalue weighted by molar-refractivity contribution is 14.1. The second-order valence-electron chi connectivity index (χ2n) is 4.33. The zero-order valence-electron chi connectivity index (χ0n) is 10.2. The quantitative estimate of drug-likeness (QED) is 0.815. The second-order valence-corrected chi connectivity index (χ2v) is 5.57. The first-order valence-corrected chi connectivity index (χ1v) is 7.06. The Balaban J connectivity index is 1.90. The molecule has 1 amide bonds. The van der Waals surface area contributed by atoms with Crippen molar-refractivity contribution >= 4 is 34.5 Å². The molecular weight excluding hydrogens is 361 g/mol. The van der Waals surface area contributed by atoms with E-state index in [1.807, 2.05) is 12.1 Å². The molecule has 0 unspecified atom stereocenters. The topological polar surface area (TPSA) is 66.8 Å². The smallest absolute Gasteiger partial charge is 0.326 e. The fourth-order valence-corrected chi connectivity index (χ4v) is 2.44. The zero-order valence-corrected chi connectivity index (χ0v) is 12.4. The Morgan fingerprint density at radius 1 is 1.37 bits per heavy atom. The summed E-state index contributed by atoms with van der Waals surface area (Å²) in [6.45, 7) is 0.371. The second kappa shape index (κ2) is 6.23. The molecule has 1 N–H and O–H groups in total. The maximum absolute atomic E-state index is 11.9. The van der Waals surface area contributed by atoms with E-state index in [1.54, 1.807) is 12.1 Å². The maximum atomic E-state index is 11.9. The minimum absolute atomic E-state index is 0.121. The molecular formula is C13H14INO4. The number of ether oxygens (including phenoxy) is 1. The first kappa shape index (κ1) is 14.1. The van der Waals surface area contributed by atoms with Crippen molar-refractivity contribution in [2.45, 2.75) is 18.9 Å². The van der Waals surface area contributed by atoms with Gasteiger partial charge in [0.1, 0.15) is 11.8 Å². The van der Waals surface area contributed by atoms with Crippen LogP contribution in [0.5, 0.6) is 5.75 Å². The van der Waals surface area contributed by atoms with Crippen molar-refractivity contribution in [3.05, 3.63) is 27.8 Å². The number of carbonyl (C=O) groups excluding carboxylic acids is 1. The zero-order chi connectivity index (χ0) is 13.8. The van der Waals surface area contributed by atoms with Crippen LogP contribution in [0.15, 0.2) is 24.3 Å². The third-order valence-corrected chi connectivity index (χ3v) is 3.75. The van der Waals surface area contributed by atoms with E-state index in [4.69, 9.17) is 9.84 Å². The molecule has 0 bridgehead atoms. The molecule has 2 rings (SSSR count). The summed E-state index contributed by atoms with van der Waals surface area (Å²) in [6, 6.07) is 6.64. The number of halogens is 1. The first-order chi connectivity index (χ1) is 9.08. The van der Waals surface area contributed by atoms with Crippen molar-refractivity contribution < 1.29 is 19.4 Å². The van der Waals surface area contributed by atoms with Crippen LogP contribution in [-0.2, 0) is 9.59 Å². The number of carboxylic acids is 1. The summed E-state index contributed by atoms with van der Waals surface area (Å²) in [6.07, 6.45) is 1.25. The summed E-state index contributed by atoms with van der Waals surface area (Å²) in [5.74, 6) is -0.608. The van der Waals surface area contributed by atoms with Crippen LogP contribution in [-0.4, -0.2) is 41.1 Å². The molecule has 0 aromatic heterocycles. The highest BCUT2D eigenvalue weighted by Gasteiger charge is 2.33. The van der Waals surface area contributed by atoms with E-state index in [0.717, 1.165) is 9.99 Å². The highest BCUT2D eigenvalue weighted by atomic mass is 127. The Kier molecular flexibility index (Phi) is 4.62. The van der Waals surface area contributed by atoms with Gasteiger partial charge in [-0.15, -0.1) is 0 Å². The Bertz CT molecular complexity index is 474. The molecule has 19 heavy (non-hydrogen) atoms. The summed E-state index contributed by atoms with van der Waals surface area (Å²) in [5.41, 5.74) is 0. The van der Waals surface area contributed by atoms with Gasteiger partial charge in [-0.1, -0.05) is 0 Å². The van der Waals surface area contributed by atoms with Crippen LogP contribution in [0.4, 0.5) is 0 Å². The Morgan fingerprint density at radius 2 is 2.05 bits per heavy atom. The van der Waals surface area contributed by atoms with Crippen LogP contribution in [0.1, 0.15) is 12.8 Å². The van der Waals surface area contributed by atoms with Crippen molar-refractivity contribution in [2.24, 2.45) is 0 Å². The average molecular weight is 375 g/mol. The third kappa shape index (κ3) is 3.59. The molecule has 1 atom stereocenters. The lowest BCUT2D eigenvalue weighted by Gasteiger charge is -2.21. The van der Waals surface area contributed by atoms with Crippen molar-refractivity contribution in [3.63, 3.8) is 0 Å². The van der Waals surface area contributed by atoms with E-state index in [2.05, 4.69) is 22.6 Å². The van der Waals surface area contributed by atoms with E-state index in [1.165, 1.54) is 4.90 Å². The van der Waals surface area contributed by atoms with Crippen LogP contribution >= 0.6 is 22.6 Å². The van der Waals surface area contributed by atoms with Crippen molar-refractivity contribution in [1.82, 2.24) is 4.90 Å². The first-order valence-electron chi connectivity index (χ1n) is 5.98. The largest absolute Gasteiger partial charge is 0.484 e. The molecule has 0 spiro atoms. The van der Waals surface area contributed by atoms with Gasteiger partial charge in [-0.3, -0.25) is 4.79 Å². The number of aliphatic carboxylic acids is 1. The van der Waals surface area contributed by atoms with E-state index in [-0.39, 0.29) is 12.5 Å². The normalized spacial score (nSPS) is 18.4. The maximum Gasteiger partial charge on any atom is 0.326 e. The molecule has 1 aliphatic rings. The standard InChI is InChI=1S/C13H14INO4/c14-9-3-5-10(6-4-9)19-8-12(16)15-7-1-2-11(15)13(17)18/h3-6,11H,1-2,7-8H2,(H,17,18)/t11-/m0/s1. The average Bonchev–Trinajstić information content (AvgIpc) is 2.87. The Morgan fingerprint density at radius 3 is 2.68 bits per heavy atom. The van der Waals surface area contributed by atoms with Crippen LogP contribution in [0.3, 0.4) is 0 Å². The third-order valence-electron chi connectivity index (χ3n) is 3.03. The summed E-state index contributed by atoms with van der Waals surface area (Å²) in [7, 11) is 0.